The van der Waals surface area contributed by atoms with E-state index < -0.39 is 4.92 Å². The van der Waals surface area contributed by atoms with Gasteiger partial charge < -0.3 is 0 Å². The third-order valence-electron chi connectivity index (χ3n) is 2.11. The smallest absolute Gasteiger partial charge is 0.258 e. The molecule has 0 amide bonds. The highest BCUT2D eigenvalue weighted by atomic mass is 16.6. The van der Waals surface area contributed by atoms with Crippen molar-refractivity contribution in [2.75, 3.05) is 0 Å². The van der Waals surface area contributed by atoms with Gasteiger partial charge in [0.25, 0.3) is 5.69 Å². The number of hydrogen-bond donors (Lipinski definition) is 0. The van der Waals surface area contributed by atoms with Gasteiger partial charge in [0, 0.05) is 6.07 Å². The van der Waals surface area contributed by atoms with Crippen LogP contribution in [-0.2, 0) is 0 Å². The van der Waals surface area contributed by atoms with Gasteiger partial charge in [-0.25, -0.2) is 0 Å². The third-order valence-corrected chi connectivity index (χ3v) is 2.11. The van der Waals surface area contributed by atoms with Crippen LogP contribution in [0, 0.1) is 10.1 Å². The highest BCUT2D eigenvalue weighted by Crippen LogP contribution is 2.27. The molecule has 0 bridgehead atoms. The monoisotopic (exact) mass is 227 g/mol. The van der Waals surface area contributed by atoms with Crippen LogP contribution in [0.3, 0.4) is 0 Å². The molecule has 0 atom stereocenters. The lowest BCUT2D eigenvalue weighted by molar-refractivity contribution is -0.384. The SMILES string of the molecule is O=[N+]([O-])c1ccccc1/N=N/c1ccccc1. The van der Waals surface area contributed by atoms with E-state index in [1.165, 1.54) is 6.07 Å². The lowest BCUT2D eigenvalue weighted by Gasteiger charge is -1.95. The van der Waals surface area contributed by atoms with Crippen molar-refractivity contribution in [1.29, 1.82) is 0 Å². The number of hydrogen-bond acceptors (Lipinski definition) is 4. The van der Waals surface area contributed by atoms with Crippen LogP contribution in [0.5, 0.6) is 0 Å². The zero-order chi connectivity index (χ0) is 12.1. The summed E-state index contributed by atoms with van der Waals surface area (Å²) in [6.07, 6.45) is 0. The van der Waals surface area contributed by atoms with Crippen LogP contribution in [0.25, 0.3) is 0 Å². The van der Waals surface area contributed by atoms with Gasteiger partial charge in [0.15, 0.2) is 5.69 Å². The molecule has 17 heavy (non-hydrogen) atoms. The van der Waals surface area contributed by atoms with Gasteiger partial charge in [0.2, 0.25) is 0 Å². The summed E-state index contributed by atoms with van der Waals surface area (Å²) in [5, 5.41) is 18.6. The maximum absolute atomic E-state index is 10.7. The van der Waals surface area contributed by atoms with Crippen LogP contribution in [0.2, 0.25) is 0 Å². The quantitative estimate of drug-likeness (QED) is 0.451. The van der Waals surface area contributed by atoms with Gasteiger partial charge in [-0.15, -0.1) is 5.11 Å². The van der Waals surface area contributed by atoms with Gasteiger partial charge in [-0.05, 0) is 18.2 Å². The van der Waals surface area contributed by atoms with Crippen molar-refractivity contribution in [2.24, 2.45) is 10.2 Å². The van der Waals surface area contributed by atoms with Crippen molar-refractivity contribution >= 4 is 17.1 Å². The first-order chi connectivity index (χ1) is 8.27. The number of benzene rings is 2. The zero-order valence-electron chi connectivity index (χ0n) is 8.85. The van der Waals surface area contributed by atoms with E-state index >= 15 is 0 Å². The van der Waals surface area contributed by atoms with Crippen LogP contribution >= 0.6 is 0 Å². The molecule has 0 heterocycles. The number of para-hydroxylation sites is 1. The first-order valence-corrected chi connectivity index (χ1v) is 4.97. The fraction of sp³-hybridized carbons (Fsp3) is 0. The molecular formula is C12H9N3O2. The summed E-state index contributed by atoms with van der Waals surface area (Å²) >= 11 is 0. The predicted octanol–water partition coefficient (Wildman–Crippen LogP) is 4.01. The summed E-state index contributed by atoms with van der Waals surface area (Å²) in [6.45, 7) is 0. The minimum atomic E-state index is -0.473. The molecule has 0 aliphatic heterocycles. The van der Waals surface area contributed by atoms with Crippen LogP contribution < -0.4 is 0 Å². The molecule has 0 saturated carbocycles. The van der Waals surface area contributed by atoms with Gasteiger partial charge in [0.1, 0.15) is 0 Å². The average molecular weight is 227 g/mol. The number of nitro groups is 1. The molecule has 0 spiro atoms. The zero-order valence-corrected chi connectivity index (χ0v) is 8.85. The Hall–Kier alpha value is -2.56. The average Bonchev–Trinajstić information content (AvgIpc) is 2.38. The first kappa shape index (κ1) is 10.9. The minimum Gasteiger partial charge on any atom is -0.258 e. The van der Waals surface area contributed by atoms with Crippen molar-refractivity contribution in [3.05, 3.63) is 64.7 Å². The fourth-order valence-corrected chi connectivity index (χ4v) is 1.31. The molecule has 0 unspecified atom stereocenters. The lowest BCUT2D eigenvalue weighted by atomic mass is 10.3. The van der Waals surface area contributed by atoms with E-state index in [-0.39, 0.29) is 11.4 Å². The fourth-order valence-electron chi connectivity index (χ4n) is 1.31. The lowest BCUT2D eigenvalue weighted by Crippen LogP contribution is -1.86. The first-order valence-electron chi connectivity index (χ1n) is 4.97. The molecule has 0 N–H and O–H groups in total. The van der Waals surface area contributed by atoms with E-state index in [4.69, 9.17) is 0 Å². The van der Waals surface area contributed by atoms with Gasteiger partial charge in [-0.2, -0.15) is 5.11 Å². The Morgan fingerprint density at radius 3 is 2.24 bits per heavy atom. The molecule has 5 heteroatoms. The number of rotatable bonds is 3. The summed E-state index contributed by atoms with van der Waals surface area (Å²) in [6, 6.07) is 15.3. The molecule has 0 aliphatic carbocycles. The maximum Gasteiger partial charge on any atom is 0.296 e. The molecule has 0 aromatic heterocycles. The summed E-state index contributed by atoms with van der Waals surface area (Å²) in [5.74, 6) is 0. The van der Waals surface area contributed by atoms with Gasteiger partial charge in [0.05, 0.1) is 10.6 Å². The molecule has 0 saturated heterocycles. The Morgan fingerprint density at radius 1 is 0.882 bits per heavy atom. The summed E-state index contributed by atoms with van der Waals surface area (Å²) in [7, 11) is 0. The molecule has 2 rings (SSSR count). The Kier molecular flexibility index (Phi) is 3.20. The number of azo groups is 1. The standard InChI is InChI=1S/C12H9N3O2/c16-15(17)12-9-5-4-8-11(12)14-13-10-6-2-1-3-7-10/h1-9H/b14-13+. The highest BCUT2D eigenvalue weighted by molar-refractivity contribution is 5.56. The molecule has 0 fully saturated rings. The summed E-state index contributed by atoms with van der Waals surface area (Å²) < 4.78 is 0. The highest BCUT2D eigenvalue weighted by Gasteiger charge is 2.11. The van der Waals surface area contributed by atoms with Crippen LogP contribution in [0.4, 0.5) is 17.1 Å². The van der Waals surface area contributed by atoms with Crippen molar-refractivity contribution in [2.45, 2.75) is 0 Å². The van der Waals surface area contributed by atoms with Crippen molar-refractivity contribution in [3.63, 3.8) is 0 Å². The maximum atomic E-state index is 10.7. The number of nitrogens with zero attached hydrogens (tertiary/aromatic N) is 3. The topological polar surface area (TPSA) is 67.9 Å². The second kappa shape index (κ2) is 4.98. The summed E-state index contributed by atoms with van der Waals surface area (Å²) in [5.41, 5.74) is 0.860. The second-order valence-corrected chi connectivity index (χ2v) is 3.28. The molecule has 2 aromatic carbocycles. The van der Waals surface area contributed by atoms with Gasteiger partial charge >= 0.3 is 0 Å². The van der Waals surface area contributed by atoms with Crippen LogP contribution in [0.15, 0.2) is 64.8 Å². The largest absolute Gasteiger partial charge is 0.296 e. The Balaban J connectivity index is 2.30. The van der Waals surface area contributed by atoms with Crippen molar-refractivity contribution < 1.29 is 4.92 Å². The van der Waals surface area contributed by atoms with Crippen LogP contribution in [0.1, 0.15) is 0 Å². The second-order valence-electron chi connectivity index (χ2n) is 3.28. The van der Waals surface area contributed by atoms with Crippen molar-refractivity contribution in [1.82, 2.24) is 0 Å². The third kappa shape index (κ3) is 2.72. The number of nitro benzene ring substituents is 1. The van der Waals surface area contributed by atoms with E-state index in [9.17, 15) is 10.1 Å². The van der Waals surface area contributed by atoms with E-state index in [0.29, 0.717) is 5.69 Å². The predicted molar refractivity (Wildman–Crippen MR) is 63.7 cm³/mol. The Morgan fingerprint density at radius 2 is 1.53 bits per heavy atom. The molecule has 5 nitrogen and oxygen atoms in total. The van der Waals surface area contributed by atoms with E-state index in [1.54, 1.807) is 30.3 Å². The normalized spacial score (nSPS) is 10.6. The minimum absolute atomic E-state index is 0.0489. The van der Waals surface area contributed by atoms with E-state index in [2.05, 4.69) is 10.2 Å². The van der Waals surface area contributed by atoms with Crippen molar-refractivity contribution in [3.8, 4) is 0 Å². The van der Waals surface area contributed by atoms with Gasteiger partial charge in [-0.3, -0.25) is 10.1 Å². The molecule has 2 aromatic rings. The molecule has 0 radical (unpaired) electrons. The summed E-state index contributed by atoms with van der Waals surface area (Å²) in [4.78, 5) is 10.3. The van der Waals surface area contributed by atoms with E-state index in [0.717, 1.165) is 0 Å². The Labute approximate surface area is 97.6 Å². The van der Waals surface area contributed by atoms with Gasteiger partial charge in [-0.1, -0.05) is 30.3 Å². The molecule has 84 valence electrons. The Bertz CT molecular complexity index is 553. The molecule has 0 aliphatic rings. The molecular weight excluding hydrogens is 218 g/mol. The van der Waals surface area contributed by atoms with E-state index in [1.807, 2.05) is 18.2 Å². The van der Waals surface area contributed by atoms with Crippen LogP contribution in [-0.4, -0.2) is 4.92 Å².